The van der Waals surface area contributed by atoms with E-state index in [0.717, 1.165) is 12.2 Å². The Hall–Kier alpha value is -1.58. The molecular formula is C8H10O4. The number of allylic oxidation sites excluding steroid dienone is 2. The summed E-state index contributed by atoms with van der Waals surface area (Å²) >= 11 is 0. The van der Waals surface area contributed by atoms with Crippen LogP contribution in [0.15, 0.2) is 23.8 Å². The lowest BCUT2D eigenvalue weighted by Crippen LogP contribution is -1.91. The van der Waals surface area contributed by atoms with Crippen molar-refractivity contribution >= 4 is 11.9 Å². The maximum absolute atomic E-state index is 10.2. The van der Waals surface area contributed by atoms with Gasteiger partial charge in [-0.15, -0.1) is 0 Å². The molecule has 0 aliphatic rings. The fraction of sp³-hybridized carbons (Fsp3) is 0.250. The first kappa shape index (κ1) is 10.4. The number of carboxylic acids is 2. The molecule has 4 nitrogen and oxygen atoms in total. The number of hydrogen-bond acceptors (Lipinski definition) is 2. The van der Waals surface area contributed by atoms with Gasteiger partial charge in [-0.25, -0.2) is 9.59 Å². The third-order valence-electron chi connectivity index (χ3n) is 1.16. The van der Waals surface area contributed by atoms with Crippen molar-refractivity contribution in [3.63, 3.8) is 0 Å². The van der Waals surface area contributed by atoms with Crippen molar-refractivity contribution in [3.8, 4) is 0 Å². The molecule has 0 aromatic carbocycles. The second-order valence-corrected chi connectivity index (χ2v) is 2.08. The predicted octanol–water partition coefficient (Wildman–Crippen LogP) is 1.05. The Bertz CT molecular complexity index is 237. The SMILES string of the molecule is CCC(/C=C\C(=O)O)=C/C(=O)O. The number of hydrogen-bond donors (Lipinski definition) is 2. The first-order chi connectivity index (χ1) is 5.56. The quantitative estimate of drug-likeness (QED) is 0.488. The van der Waals surface area contributed by atoms with Gasteiger partial charge in [0.2, 0.25) is 0 Å². The lowest BCUT2D eigenvalue weighted by Gasteiger charge is -1.92. The van der Waals surface area contributed by atoms with Gasteiger partial charge < -0.3 is 10.2 Å². The third-order valence-corrected chi connectivity index (χ3v) is 1.16. The number of carboxylic acid groups (broad SMARTS) is 2. The van der Waals surface area contributed by atoms with E-state index in [-0.39, 0.29) is 0 Å². The summed E-state index contributed by atoms with van der Waals surface area (Å²) in [6.07, 6.45) is 3.67. The van der Waals surface area contributed by atoms with Gasteiger partial charge in [-0.2, -0.15) is 0 Å². The highest BCUT2D eigenvalue weighted by atomic mass is 16.4. The molecule has 0 aliphatic carbocycles. The molecule has 0 aliphatic heterocycles. The molecule has 0 aromatic heterocycles. The molecule has 12 heavy (non-hydrogen) atoms. The van der Waals surface area contributed by atoms with E-state index in [2.05, 4.69) is 0 Å². The van der Waals surface area contributed by atoms with Crippen molar-refractivity contribution in [3.05, 3.63) is 23.8 Å². The third kappa shape index (κ3) is 5.22. The van der Waals surface area contributed by atoms with Gasteiger partial charge in [0.1, 0.15) is 0 Å². The Morgan fingerprint density at radius 3 is 2.08 bits per heavy atom. The molecule has 0 radical (unpaired) electrons. The topological polar surface area (TPSA) is 74.6 Å². The van der Waals surface area contributed by atoms with Crippen molar-refractivity contribution < 1.29 is 19.8 Å². The van der Waals surface area contributed by atoms with Crippen LogP contribution in [-0.4, -0.2) is 22.2 Å². The molecule has 0 heterocycles. The molecular weight excluding hydrogens is 160 g/mol. The monoisotopic (exact) mass is 170 g/mol. The predicted molar refractivity (Wildman–Crippen MR) is 42.8 cm³/mol. The van der Waals surface area contributed by atoms with Gasteiger partial charge in [0.15, 0.2) is 0 Å². The first-order valence-electron chi connectivity index (χ1n) is 3.40. The lowest BCUT2D eigenvalue weighted by atomic mass is 10.2. The maximum atomic E-state index is 10.2. The summed E-state index contributed by atoms with van der Waals surface area (Å²) in [7, 11) is 0. The molecule has 0 aromatic rings. The standard InChI is InChI=1S/C8H10O4/c1-2-6(5-8(11)12)3-4-7(9)10/h3-5H,2H2,1H3,(H,9,10)(H,11,12)/b4-3-,6-5-. The first-order valence-corrected chi connectivity index (χ1v) is 3.40. The van der Waals surface area contributed by atoms with Gasteiger partial charge in [0.05, 0.1) is 0 Å². The van der Waals surface area contributed by atoms with Crippen molar-refractivity contribution in [2.24, 2.45) is 0 Å². The fourth-order valence-electron chi connectivity index (χ4n) is 0.605. The molecule has 0 saturated heterocycles. The maximum Gasteiger partial charge on any atom is 0.328 e. The number of aliphatic carboxylic acids is 2. The zero-order chi connectivity index (χ0) is 9.56. The van der Waals surface area contributed by atoms with Crippen molar-refractivity contribution in [2.75, 3.05) is 0 Å². The van der Waals surface area contributed by atoms with Crippen LogP contribution in [-0.2, 0) is 9.59 Å². The van der Waals surface area contributed by atoms with Crippen LogP contribution in [0.4, 0.5) is 0 Å². The van der Waals surface area contributed by atoms with E-state index in [1.54, 1.807) is 6.92 Å². The summed E-state index contributed by atoms with van der Waals surface area (Å²) in [5.41, 5.74) is 0.477. The zero-order valence-corrected chi connectivity index (χ0v) is 6.65. The van der Waals surface area contributed by atoms with Gasteiger partial charge in [0, 0.05) is 12.2 Å². The normalized spacial score (nSPS) is 11.9. The second-order valence-electron chi connectivity index (χ2n) is 2.08. The molecule has 0 amide bonds. The Morgan fingerprint density at radius 1 is 1.17 bits per heavy atom. The Morgan fingerprint density at radius 2 is 1.75 bits per heavy atom. The van der Waals surface area contributed by atoms with Gasteiger partial charge >= 0.3 is 11.9 Å². The lowest BCUT2D eigenvalue weighted by molar-refractivity contribution is -0.132. The summed E-state index contributed by atoms with van der Waals surface area (Å²) in [6.45, 7) is 1.75. The smallest absolute Gasteiger partial charge is 0.328 e. The summed E-state index contributed by atoms with van der Waals surface area (Å²) in [5.74, 6) is -2.15. The van der Waals surface area contributed by atoms with Crippen LogP contribution in [0.3, 0.4) is 0 Å². The summed E-state index contributed by atoms with van der Waals surface area (Å²) < 4.78 is 0. The molecule has 0 saturated carbocycles. The van der Waals surface area contributed by atoms with E-state index in [1.165, 1.54) is 6.08 Å². The molecule has 66 valence electrons. The van der Waals surface area contributed by atoms with Gasteiger partial charge in [0.25, 0.3) is 0 Å². The van der Waals surface area contributed by atoms with Crippen LogP contribution in [0, 0.1) is 0 Å². The van der Waals surface area contributed by atoms with E-state index >= 15 is 0 Å². The van der Waals surface area contributed by atoms with Crippen molar-refractivity contribution in [1.29, 1.82) is 0 Å². The van der Waals surface area contributed by atoms with Gasteiger partial charge in [-0.1, -0.05) is 13.0 Å². The molecule has 0 spiro atoms. The van der Waals surface area contributed by atoms with Crippen LogP contribution in [0.2, 0.25) is 0 Å². The van der Waals surface area contributed by atoms with E-state index in [1.807, 2.05) is 0 Å². The van der Waals surface area contributed by atoms with E-state index < -0.39 is 11.9 Å². The van der Waals surface area contributed by atoms with Crippen LogP contribution in [0.1, 0.15) is 13.3 Å². The molecule has 0 fully saturated rings. The minimum Gasteiger partial charge on any atom is -0.478 e. The van der Waals surface area contributed by atoms with Gasteiger partial charge in [-0.3, -0.25) is 0 Å². The largest absolute Gasteiger partial charge is 0.478 e. The minimum atomic E-state index is -1.08. The van der Waals surface area contributed by atoms with E-state index in [9.17, 15) is 9.59 Å². The van der Waals surface area contributed by atoms with Crippen molar-refractivity contribution in [2.45, 2.75) is 13.3 Å². The number of carbonyl (C=O) groups is 2. The van der Waals surface area contributed by atoms with Gasteiger partial charge in [-0.05, 0) is 12.0 Å². The van der Waals surface area contributed by atoms with Crippen LogP contribution >= 0.6 is 0 Å². The second kappa shape index (κ2) is 5.12. The summed E-state index contributed by atoms with van der Waals surface area (Å²) in [5, 5.41) is 16.6. The Balaban J connectivity index is 4.37. The molecule has 0 unspecified atom stereocenters. The van der Waals surface area contributed by atoms with Crippen molar-refractivity contribution in [1.82, 2.24) is 0 Å². The highest BCUT2D eigenvalue weighted by Gasteiger charge is 1.94. The highest BCUT2D eigenvalue weighted by Crippen LogP contribution is 2.01. The van der Waals surface area contributed by atoms with Crippen LogP contribution in [0.25, 0.3) is 0 Å². The molecule has 0 rings (SSSR count). The average molecular weight is 170 g/mol. The summed E-state index contributed by atoms with van der Waals surface area (Å²) in [4.78, 5) is 20.2. The average Bonchev–Trinajstić information content (AvgIpc) is 1.97. The van der Waals surface area contributed by atoms with E-state index in [0.29, 0.717) is 12.0 Å². The van der Waals surface area contributed by atoms with Crippen LogP contribution < -0.4 is 0 Å². The highest BCUT2D eigenvalue weighted by molar-refractivity contribution is 5.83. The number of rotatable bonds is 4. The molecule has 0 atom stereocenters. The molecule has 2 N–H and O–H groups in total. The minimum absolute atomic E-state index is 0.477. The zero-order valence-electron chi connectivity index (χ0n) is 6.65. The fourth-order valence-corrected chi connectivity index (χ4v) is 0.605. The Kier molecular flexibility index (Phi) is 4.45. The van der Waals surface area contributed by atoms with Crippen LogP contribution in [0.5, 0.6) is 0 Å². The summed E-state index contributed by atoms with van der Waals surface area (Å²) in [6, 6.07) is 0. The molecule has 0 bridgehead atoms. The Labute approximate surface area is 69.8 Å². The molecule has 4 heteroatoms. The van der Waals surface area contributed by atoms with E-state index in [4.69, 9.17) is 10.2 Å².